The molecule has 0 aliphatic heterocycles. The van der Waals surface area contributed by atoms with Gasteiger partial charge in [-0.25, -0.2) is 0 Å². The fourth-order valence-electron chi connectivity index (χ4n) is 1.28. The minimum atomic E-state index is 0.578. The molecule has 4 heteroatoms. The third kappa shape index (κ3) is 8.81. The van der Waals surface area contributed by atoms with Crippen LogP contribution >= 0.6 is 0 Å². The molecule has 0 spiro atoms. The second-order valence-corrected chi connectivity index (χ2v) is 3.85. The van der Waals surface area contributed by atoms with E-state index >= 15 is 0 Å². The maximum atomic E-state index is 5.06. The number of hydrogen-bond donors (Lipinski definition) is 1. The van der Waals surface area contributed by atoms with Crippen molar-refractivity contribution in [2.45, 2.75) is 19.4 Å². The van der Waals surface area contributed by atoms with Gasteiger partial charge in [0.1, 0.15) is 0 Å². The normalized spacial score (nSPS) is 13.4. The molecule has 15 heavy (non-hydrogen) atoms. The van der Waals surface area contributed by atoms with E-state index in [1.54, 1.807) is 14.2 Å². The Hall–Kier alpha value is -0.160. The number of ether oxygens (including phenoxy) is 2. The Kier molecular flexibility index (Phi) is 10.3. The molecule has 0 bridgehead atoms. The Morgan fingerprint density at radius 2 is 1.80 bits per heavy atom. The molecule has 0 amide bonds. The topological polar surface area (TPSA) is 33.7 Å². The molecule has 0 aliphatic rings. The highest BCUT2D eigenvalue weighted by atomic mass is 16.5. The molecular weight excluding hydrogens is 192 g/mol. The molecular formula is C11H26N2O2. The van der Waals surface area contributed by atoms with Crippen molar-refractivity contribution < 1.29 is 9.47 Å². The molecule has 92 valence electrons. The molecule has 0 heterocycles. The lowest BCUT2D eigenvalue weighted by molar-refractivity contribution is 0.152. The van der Waals surface area contributed by atoms with E-state index in [-0.39, 0.29) is 0 Å². The van der Waals surface area contributed by atoms with Crippen LogP contribution in [0.2, 0.25) is 0 Å². The number of rotatable bonds is 10. The molecule has 0 saturated carbocycles. The zero-order chi connectivity index (χ0) is 11.5. The number of hydrogen-bond acceptors (Lipinski definition) is 4. The summed E-state index contributed by atoms with van der Waals surface area (Å²) in [5, 5.41) is 3.33. The summed E-state index contributed by atoms with van der Waals surface area (Å²) < 4.78 is 10.0. The standard InChI is InChI=1S/C11H26N2O2/c1-11(5-9-14-3)13(2)8-6-12-7-10-15-4/h11-12H,5-10H2,1-4H3. The number of methoxy groups -OCH3 is 2. The van der Waals surface area contributed by atoms with E-state index in [0.29, 0.717) is 6.04 Å². The second kappa shape index (κ2) is 10.4. The van der Waals surface area contributed by atoms with Crippen molar-refractivity contribution in [1.29, 1.82) is 0 Å². The molecule has 0 fully saturated rings. The predicted octanol–water partition coefficient (Wildman–Crippen LogP) is 0.579. The summed E-state index contributed by atoms with van der Waals surface area (Å²) in [6.45, 7) is 6.85. The molecule has 4 nitrogen and oxygen atoms in total. The molecule has 0 aromatic rings. The quantitative estimate of drug-likeness (QED) is 0.544. The van der Waals surface area contributed by atoms with Gasteiger partial charge in [-0.15, -0.1) is 0 Å². The highest BCUT2D eigenvalue weighted by Gasteiger charge is 2.07. The van der Waals surface area contributed by atoms with Crippen molar-refractivity contribution >= 4 is 0 Å². The maximum absolute atomic E-state index is 5.06. The number of nitrogens with one attached hydrogen (secondary N) is 1. The van der Waals surface area contributed by atoms with Gasteiger partial charge in [-0.05, 0) is 20.4 Å². The van der Waals surface area contributed by atoms with Gasteiger partial charge in [-0.2, -0.15) is 0 Å². The van der Waals surface area contributed by atoms with E-state index in [4.69, 9.17) is 9.47 Å². The molecule has 0 aromatic carbocycles. The van der Waals surface area contributed by atoms with Gasteiger partial charge in [0.2, 0.25) is 0 Å². The van der Waals surface area contributed by atoms with Crippen LogP contribution in [-0.2, 0) is 9.47 Å². The fraction of sp³-hybridized carbons (Fsp3) is 1.00. The maximum Gasteiger partial charge on any atom is 0.0587 e. The Labute approximate surface area is 93.9 Å². The van der Waals surface area contributed by atoms with Crippen molar-refractivity contribution in [3.63, 3.8) is 0 Å². The first-order valence-corrected chi connectivity index (χ1v) is 5.61. The average molecular weight is 218 g/mol. The van der Waals surface area contributed by atoms with Crippen molar-refractivity contribution in [3.05, 3.63) is 0 Å². The first-order valence-electron chi connectivity index (χ1n) is 5.61. The first kappa shape index (κ1) is 14.8. The highest BCUT2D eigenvalue weighted by Crippen LogP contribution is 1.99. The lowest BCUT2D eigenvalue weighted by Gasteiger charge is -2.24. The van der Waals surface area contributed by atoms with Crippen molar-refractivity contribution in [2.75, 3.05) is 54.1 Å². The van der Waals surface area contributed by atoms with Gasteiger partial charge in [-0.1, -0.05) is 0 Å². The molecule has 0 rings (SSSR count). The van der Waals surface area contributed by atoms with Gasteiger partial charge in [0.05, 0.1) is 6.61 Å². The molecule has 0 saturated heterocycles. The molecule has 1 unspecified atom stereocenters. The minimum Gasteiger partial charge on any atom is -0.385 e. The van der Waals surface area contributed by atoms with Crippen molar-refractivity contribution in [2.24, 2.45) is 0 Å². The summed E-state index contributed by atoms with van der Waals surface area (Å²) >= 11 is 0. The monoisotopic (exact) mass is 218 g/mol. The molecule has 0 radical (unpaired) electrons. The lowest BCUT2D eigenvalue weighted by atomic mass is 10.2. The van der Waals surface area contributed by atoms with Crippen LogP contribution in [0.25, 0.3) is 0 Å². The second-order valence-electron chi connectivity index (χ2n) is 3.85. The number of nitrogens with zero attached hydrogens (tertiary/aromatic N) is 1. The third-order valence-corrected chi connectivity index (χ3v) is 2.62. The average Bonchev–Trinajstić information content (AvgIpc) is 2.25. The number of likely N-dealkylation sites (N-methyl/N-ethyl adjacent to an activating group) is 1. The Morgan fingerprint density at radius 1 is 1.13 bits per heavy atom. The molecule has 0 aliphatic carbocycles. The van der Waals surface area contributed by atoms with E-state index in [0.717, 1.165) is 39.3 Å². The van der Waals surface area contributed by atoms with Crippen molar-refractivity contribution in [1.82, 2.24) is 10.2 Å². The zero-order valence-electron chi connectivity index (χ0n) is 10.6. The van der Waals surface area contributed by atoms with Gasteiger partial charge in [0, 0.05) is 46.5 Å². The lowest BCUT2D eigenvalue weighted by Crippen LogP contribution is -2.36. The van der Waals surface area contributed by atoms with E-state index in [2.05, 4.69) is 24.2 Å². The summed E-state index contributed by atoms with van der Waals surface area (Å²) in [4.78, 5) is 2.35. The van der Waals surface area contributed by atoms with Crippen LogP contribution in [0.5, 0.6) is 0 Å². The van der Waals surface area contributed by atoms with E-state index < -0.39 is 0 Å². The van der Waals surface area contributed by atoms with Crippen LogP contribution in [0.3, 0.4) is 0 Å². The van der Waals surface area contributed by atoms with Gasteiger partial charge in [0.15, 0.2) is 0 Å². The minimum absolute atomic E-state index is 0.578. The summed E-state index contributed by atoms with van der Waals surface area (Å²) in [5.74, 6) is 0. The Morgan fingerprint density at radius 3 is 2.40 bits per heavy atom. The van der Waals surface area contributed by atoms with Gasteiger partial charge < -0.3 is 19.7 Å². The van der Waals surface area contributed by atoms with Crippen LogP contribution in [0.4, 0.5) is 0 Å². The first-order chi connectivity index (χ1) is 7.22. The van der Waals surface area contributed by atoms with Crippen molar-refractivity contribution in [3.8, 4) is 0 Å². The highest BCUT2D eigenvalue weighted by molar-refractivity contribution is 4.64. The molecule has 1 atom stereocenters. The summed E-state index contributed by atoms with van der Waals surface area (Å²) in [7, 11) is 5.62. The van der Waals surface area contributed by atoms with E-state index in [1.807, 2.05) is 0 Å². The van der Waals surface area contributed by atoms with Crippen LogP contribution < -0.4 is 5.32 Å². The van der Waals surface area contributed by atoms with Gasteiger partial charge in [-0.3, -0.25) is 0 Å². The van der Waals surface area contributed by atoms with Crippen LogP contribution in [0.1, 0.15) is 13.3 Å². The molecule has 0 aromatic heterocycles. The predicted molar refractivity (Wildman–Crippen MR) is 63.3 cm³/mol. The van der Waals surface area contributed by atoms with Crippen LogP contribution in [-0.4, -0.2) is 65.1 Å². The largest absolute Gasteiger partial charge is 0.385 e. The Bertz CT molecular complexity index is 134. The van der Waals surface area contributed by atoms with Gasteiger partial charge >= 0.3 is 0 Å². The van der Waals surface area contributed by atoms with Gasteiger partial charge in [0.25, 0.3) is 0 Å². The summed E-state index contributed by atoms with van der Waals surface area (Å²) in [5.41, 5.74) is 0. The van der Waals surface area contributed by atoms with Crippen LogP contribution in [0, 0.1) is 0 Å². The summed E-state index contributed by atoms with van der Waals surface area (Å²) in [6.07, 6.45) is 1.09. The molecule has 1 N–H and O–H groups in total. The zero-order valence-corrected chi connectivity index (χ0v) is 10.6. The smallest absolute Gasteiger partial charge is 0.0587 e. The van der Waals surface area contributed by atoms with Crippen LogP contribution in [0.15, 0.2) is 0 Å². The van der Waals surface area contributed by atoms with E-state index in [9.17, 15) is 0 Å². The van der Waals surface area contributed by atoms with E-state index in [1.165, 1.54) is 0 Å². The SMILES string of the molecule is COCCNCCN(C)C(C)CCOC. The fourth-order valence-corrected chi connectivity index (χ4v) is 1.28. The Balaban J connectivity index is 3.34. The third-order valence-electron chi connectivity index (χ3n) is 2.62. The summed E-state index contributed by atoms with van der Waals surface area (Å²) in [6, 6.07) is 0.578.